The van der Waals surface area contributed by atoms with Gasteiger partial charge < -0.3 is 14.4 Å². The summed E-state index contributed by atoms with van der Waals surface area (Å²) in [6.07, 6.45) is 1.76. The Bertz CT molecular complexity index is 1170. The molecule has 4 aromatic rings. The van der Waals surface area contributed by atoms with Gasteiger partial charge in [-0.25, -0.2) is 14.4 Å². The third-order valence-corrected chi connectivity index (χ3v) is 5.82. The van der Waals surface area contributed by atoms with Crippen LogP contribution in [0, 0.1) is 5.82 Å². The standard InChI is InChI=1S/C20H18FN5O2S/c1-27-18-13(3-2-4-15(18)21)17-14-9-12(10-22-19(14)25-24-17)16-11-29-20(23-16)26-5-7-28-8-6-26/h2-4,9-11H,5-8H2,1H3,(H,22,24,25). The number of aromatic nitrogens is 4. The van der Waals surface area contributed by atoms with Crippen molar-refractivity contribution in [3.8, 4) is 28.3 Å². The molecule has 3 aromatic heterocycles. The first kappa shape index (κ1) is 18.0. The van der Waals surface area contributed by atoms with E-state index in [1.54, 1.807) is 29.7 Å². The summed E-state index contributed by atoms with van der Waals surface area (Å²) in [4.78, 5) is 11.5. The SMILES string of the molecule is COc1c(F)cccc1-c1[nH]nc2ncc(-c3csc(N4CCOCC4)n3)cc12. The highest BCUT2D eigenvalue weighted by atomic mass is 32.1. The fourth-order valence-corrected chi connectivity index (χ4v) is 4.34. The molecule has 0 amide bonds. The molecule has 0 atom stereocenters. The van der Waals surface area contributed by atoms with Gasteiger partial charge in [-0.1, -0.05) is 6.07 Å². The minimum Gasteiger partial charge on any atom is -0.493 e. The summed E-state index contributed by atoms with van der Waals surface area (Å²) in [5.41, 5.74) is 3.55. The maximum atomic E-state index is 14.2. The molecule has 1 aliphatic heterocycles. The summed E-state index contributed by atoms with van der Waals surface area (Å²) in [6.45, 7) is 3.12. The largest absolute Gasteiger partial charge is 0.493 e. The fraction of sp³-hybridized carbons (Fsp3) is 0.250. The predicted molar refractivity (Wildman–Crippen MR) is 110 cm³/mol. The molecule has 1 saturated heterocycles. The van der Waals surface area contributed by atoms with E-state index < -0.39 is 5.82 Å². The van der Waals surface area contributed by atoms with Crippen LogP contribution in [0.2, 0.25) is 0 Å². The van der Waals surface area contributed by atoms with Crippen LogP contribution in [0.15, 0.2) is 35.8 Å². The zero-order valence-electron chi connectivity index (χ0n) is 15.7. The van der Waals surface area contributed by atoms with Crippen LogP contribution in [-0.4, -0.2) is 53.6 Å². The average Bonchev–Trinajstić information content (AvgIpc) is 3.41. The molecule has 0 spiro atoms. The number of rotatable bonds is 4. The molecular formula is C20H18FN5O2S. The van der Waals surface area contributed by atoms with Crippen LogP contribution in [0.3, 0.4) is 0 Å². The van der Waals surface area contributed by atoms with Gasteiger partial charge in [0.2, 0.25) is 0 Å². The number of hydrogen-bond acceptors (Lipinski definition) is 7. The number of H-pyrrole nitrogens is 1. The molecule has 29 heavy (non-hydrogen) atoms. The Morgan fingerprint density at radius 1 is 1.28 bits per heavy atom. The second-order valence-electron chi connectivity index (χ2n) is 6.63. The third kappa shape index (κ3) is 3.22. The Labute approximate surface area is 170 Å². The highest BCUT2D eigenvalue weighted by molar-refractivity contribution is 7.14. The summed E-state index contributed by atoms with van der Waals surface area (Å²) in [7, 11) is 1.45. The summed E-state index contributed by atoms with van der Waals surface area (Å²) >= 11 is 1.61. The second-order valence-corrected chi connectivity index (χ2v) is 7.47. The molecule has 148 valence electrons. The monoisotopic (exact) mass is 411 g/mol. The molecule has 0 bridgehead atoms. The smallest absolute Gasteiger partial charge is 0.186 e. The Morgan fingerprint density at radius 2 is 2.14 bits per heavy atom. The first-order chi connectivity index (χ1) is 14.2. The number of aromatic amines is 1. The van der Waals surface area contributed by atoms with Gasteiger partial charge >= 0.3 is 0 Å². The highest BCUT2D eigenvalue weighted by Gasteiger charge is 2.19. The molecular weight excluding hydrogens is 393 g/mol. The van der Waals surface area contributed by atoms with Crippen LogP contribution in [0.5, 0.6) is 5.75 Å². The molecule has 0 unspecified atom stereocenters. The van der Waals surface area contributed by atoms with Crippen molar-refractivity contribution in [1.29, 1.82) is 0 Å². The van der Waals surface area contributed by atoms with Gasteiger partial charge in [-0.2, -0.15) is 5.10 Å². The van der Waals surface area contributed by atoms with Crippen LogP contribution in [0.4, 0.5) is 9.52 Å². The average molecular weight is 411 g/mol. The van der Waals surface area contributed by atoms with Crippen LogP contribution in [-0.2, 0) is 4.74 Å². The number of methoxy groups -OCH3 is 1. The Morgan fingerprint density at radius 3 is 2.97 bits per heavy atom. The number of para-hydroxylation sites is 1. The molecule has 0 saturated carbocycles. The zero-order valence-corrected chi connectivity index (χ0v) is 16.5. The number of fused-ring (bicyclic) bond motifs is 1. The maximum absolute atomic E-state index is 14.2. The summed E-state index contributed by atoms with van der Waals surface area (Å²) in [5.74, 6) is -0.252. The number of nitrogens with one attached hydrogen (secondary N) is 1. The van der Waals surface area contributed by atoms with Crippen molar-refractivity contribution in [2.24, 2.45) is 0 Å². The van der Waals surface area contributed by atoms with Crippen molar-refractivity contribution < 1.29 is 13.9 Å². The molecule has 5 rings (SSSR count). The van der Waals surface area contributed by atoms with E-state index in [9.17, 15) is 4.39 Å². The minimum absolute atomic E-state index is 0.173. The van der Waals surface area contributed by atoms with Crippen LogP contribution in [0.25, 0.3) is 33.5 Å². The van der Waals surface area contributed by atoms with Crippen molar-refractivity contribution in [3.63, 3.8) is 0 Å². The number of pyridine rings is 1. The molecule has 7 nitrogen and oxygen atoms in total. The lowest BCUT2D eigenvalue weighted by molar-refractivity contribution is 0.122. The van der Waals surface area contributed by atoms with E-state index in [1.807, 2.05) is 11.4 Å². The van der Waals surface area contributed by atoms with Crippen molar-refractivity contribution in [2.45, 2.75) is 0 Å². The number of halogens is 1. The molecule has 1 aromatic carbocycles. The van der Waals surface area contributed by atoms with Crippen molar-refractivity contribution in [2.75, 3.05) is 38.3 Å². The molecule has 0 radical (unpaired) electrons. The third-order valence-electron chi connectivity index (χ3n) is 4.92. The van der Waals surface area contributed by atoms with Crippen LogP contribution >= 0.6 is 11.3 Å². The van der Waals surface area contributed by atoms with Gasteiger partial charge in [0.1, 0.15) is 0 Å². The molecule has 4 heterocycles. The first-order valence-electron chi connectivity index (χ1n) is 9.20. The van der Waals surface area contributed by atoms with Gasteiger partial charge in [0, 0.05) is 41.2 Å². The van der Waals surface area contributed by atoms with E-state index in [4.69, 9.17) is 14.5 Å². The number of nitrogens with zero attached hydrogens (tertiary/aromatic N) is 4. The van der Waals surface area contributed by atoms with Gasteiger partial charge in [-0.05, 0) is 18.2 Å². The number of anilines is 1. The summed E-state index contributed by atoms with van der Waals surface area (Å²) in [6, 6.07) is 6.78. The normalized spacial score (nSPS) is 14.5. The van der Waals surface area contributed by atoms with E-state index in [0.717, 1.165) is 48.1 Å². The molecule has 0 aliphatic carbocycles. The van der Waals surface area contributed by atoms with E-state index >= 15 is 0 Å². The lowest BCUT2D eigenvalue weighted by Crippen LogP contribution is -2.36. The van der Waals surface area contributed by atoms with Gasteiger partial charge in [0.15, 0.2) is 22.3 Å². The van der Waals surface area contributed by atoms with E-state index in [1.165, 1.54) is 13.2 Å². The number of hydrogen-bond donors (Lipinski definition) is 1. The van der Waals surface area contributed by atoms with Gasteiger partial charge in [-0.3, -0.25) is 5.10 Å². The molecule has 1 aliphatic rings. The van der Waals surface area contributed by atoms with Crippen molar-refractivity contribution in [3.05, 3.63) is 41.7 Å². The highest BCUT2D eigenvalue weighted by Crippen LogP contribution is 2.36. The quantitative estimate of drug-likeness (QED) is 0.551. The van der Waals surface area contributed by atoms with E-state index in [0.29, 0.717) is 16.9 Å². The number of morpholine rings is 1. The molecule has 9 heteroatoms. The Kier molecular flexibility index (Phi) is 4.61. The van der Waals surface area contributed by atoms with Crippen LogP contribution in [0.1, 0.15) is 0 Å². The van der Waals surface area contributed by atoms with Gasteiger partial charge in [0.05, 0.1) is 31.7 Å². The maximum Gasteiger partial charge on any atom is 0.186 e. The molecule has 1 N–H and O–H groups in total. The Hall–Kier alpha value is -3.04. The lowest BCUT2D eigenvalue weighted by Gasteiger charge is -2.26. The number of thiazole rings is 1. The van der Waals surface area contributed by atoms with Crippen molar-refractivity contribution >= 4 is 27.5 Å². The van der Waals surface area contributed by atoms with Crippen molar-refractivity contribution in [1.82, 2.24) is 20.2 Å². The second kappa shape index (κ2) is 7.41. The van der Waals surface area contributed by atoms with Gasteiger partial charge in [-0.15, -0.1) is 11.3 Å². The zero-order chi connectivity index (χ0) is 19.8. The summed E-state index contributed by atoms with van der Waals surface area (Å²) in [5, 5.41) is 11.0. The number of ether oxygens (including phenoxy) is 2. The van der Waals surface area contributed by atoms with E-state index in [2.05, 4.69) is 20.1 Å². The minimum atomic E-state index is -0.425. The predicted octanol–water partition coefficient (Wildman–Crippen LogP) is 3.73. The lowest BCUT2D eigenvalue weighted by atomic mass is 10.1. The van der Waals surface area contributed by atoms with Crippen LogP contribution < -0.4 is 9.64 Å². The topological polar surface area (TPSA) is 76.2 Å². The Balaban J connectivity index is 1.55. The first-order valence-corrected chi connectivity index (χ1v) is 10.1. The fourth-order valence-electron chi connectivity index (χ4n) is 3.45. The number of benzene rings is 1. The van der Waals surface area contributed by atoms with E-state index in [-0.39, 0.29) is 5.75 Å². The molecule has 1 fully saturated rings. The van der Waals surface area contributed by atoms with Gasteiger partial charge in [0.25, 0.3) is 0 Å². The summed E-state index contributed by atoms with van der Waals surface area (Å²) < 4.78 is 24.8.